The zero-order chi connectivity index (χ0) is 12.8. The summed E-state index contributed by atoms with van der Waals surface area (Å²) in [5.74, 6) is -0.166. The second kappa shape index (κ2) is 6.49. The summed E-state index contributed by atoms with van der Waals surface area (Å²) in [6.45, 7) is 1.94. The fourth-order valence-electron chi connectivity index (χ4n) is 2.47. The molecule has 0 amide bonds. The maximum atomic E-state index is 11.4. The third-order valence-corrected chi connectivity index (χ3v) is 3.48. The van der Waals surface area contributed by atoms with E-state index in [-0.39, 0.29) is 5.97 Å². The highest BCUT2D eigenvalue weighted by atomic mass is 16.5. The lowest BCUT2D eigenvalue weighted by atomic mass is 10.2. The Morgan fingerprint density at radius 3 is 2.89 bits per heavy atom. The molecule has 1 saturated carbocycles. The third kappa shape index (κ3) is 3.53. The highest BCUT2D eigenvalue weighted by Gasteiger charge is 2.24. The first kappa shape index (κ1) is 13.0. The van der Waals surface area contributed by atoms with Crippen LogP contribution in [0.1, 0.15) is 25.7 Å². The monoisotopic (exact) mass is 252 g/mol. The second-order valence-corrected chi connectivity index (χ2v) is 4.64. The van der Waals surface area contributed by atoms with Crippen molar-refractivity contribution in [1.29, 1.82) is 0 Å². The number of hydrogen-bond donors (Lipinski definition) is 0. The minimum absolute atomic E-state index is 0.166. The van der Waals surface area contributed by atoms with Crippen LogP contribution in [-0.4, -0.2) is 51.9 Å². The predicted octanol–water partition coefficient (Wildman–Crippen LogP) is 0.696. The van der Waals surface area contributed by atoms with E-state index in [1.165, 1.54) is 39.1 Å². The molecule has 0 aliphatic heterocycles. The Labute approximate surface area is 107 Å². The van der Waals surface area contributed by atoms with Crippen molar-refractivity contribution in [3.8, 4) is 0 Å². The standard InChI is InChI=1S/C12H20N4O2/c1-18-12(17)8-15(11-4-2-3-5-11)6-7-16-10-13-9-14-16/h9-11H,2-8H2,1H3. The van der Waals surface area contributed by atoms with Crippen LogP contribution in [0.2, 0.25) is 0 Å². The lowest BCUT2D eigenvalue weighted by Crippen LogP contribution is -2.40. The fraction of sp³-hybridized carbons (Fsp3) is 0.750. The van der Waals surface area contributed by atoms with Crippen molar-refractivity contribution < 1.29 is 9.53 Å². The van der Waals surface area contributed by atoms with Crippen LogP contribution in [0.3, 0.4) is 0 Å². The summed E-state index contributed by atoms with van der Waals surface area (Å²) in [5.41, 5.74) is 0. The van der Waals surface area contributed by atoms with Gasteiger partial charge in [-0.15, -0.1) is 0 Å². The van der Waals surface area contributed by atoms with Gasteiger partial charge in [-0.1, -0.05) is 12.8 Å². The molecule has 0 saturated heterocycles. The maximum Gasteiger partial charge on any atom is 0.319 e. The molecule has 0 atom stereocenters. The number of ether oxygens (including phenoxy) is 1. The number of hydrogen-bond acceptors (Lipinski definition) is 5. The summed E-state index contributed by atoms with van der Waals surface area (Å²) in [4.78, 5) is 17.6. The Bertz CT molecular complexity index is 360. The highest BCUT2D eigenvalue weighted by molar-refractivity contribution is 5.71. The molecular formula is C12H20N4O2. The van der Waals surface area contributed by atoms with Gasteiger partial charge in [0.1, 0.15) is 12.7 Å². The van der Waals surface area contributed by atoms with E-state index in [1.54, 1.807) is 11.0 Å². The number of carbonyl (C=O) groups excluding carboxylic acids is 1. The first-order valence-electron chi connectivity index (χ1n) is 6.43. The van der Waals surface area contributed by atoms with Crippen LogP contribution in [0.15, 0.2) is 12.7 Å². The van der Waals surface area contributed by atoms with Gasteiger partial charge < -0.3 is 4.74 Å². The molecule has 0 aromatic carbocycles. The van der Waals surface area contributed by atoms with Gasteiger partial charge in [-0.05, 0) is 12.8 Å². The van der Waals surface area contributed by atoms with E-state index in [4.69, 9.17) is 4.74 Å². The molecule has 18 heavy (non-hydrogen) atoms. The van der Waals surface area contributed by atoms with Gasteiger partial charge in [0.25, 0.3) is 0 Å². The van der Waals surface area contributed by atoms with E-state index in [1.807, 2.05) is 0 Å². The Hall–Kier alpha value is -1.43. The molecule has 0 unspecified atom stereocenters. The van der Waals surface area contributed by atoms with Crippen molar-refractivity contribution in [3.05, 3.63) is 12.7 Å². The van der Waals surface area contributed by atoms with Crippen LogP contribution < -0.4 is 0 Å². The van der Waals surface area contributed by atoms with E-state index >= 15 is 0 Å². The van der Waals surface area contributed by atoms with Crippen LogP contribution in [-0.2, 0) is 16.1 Å². The van der Waals surface area contributed by atoms with Crippen LogP contribution >= 0.6 is 0 Å². The van der Waals surface area contributed by atoms with Crippen LogP contribution in [0, 0.1) is 0 Å². The predicted molar refractivity (Wildman–Crippen MR) is 65.9 cm³/mol. The summed E-state index contributed by atoms with van der Waals surface area (Å²) in [6.07, 6.45) is 8.09. The van der Waals surface area contributed by atoms with E-state index in [9.17, 15) is 4.79 Å². The van der Waals surface area contributed by atoms with Gasteiger partial charge in [0.05, 0.1) is 20.2 Å². The van der Waals surface area contributed by atoms with Crippen molar-refractivity contribution in [2.45, 2.75) is 38.3 Å². The Morgan fingerprint density at radius 1 is 1.50 bits per heavy atom. The molecule has 1 fully saturated rings. The lowest BCUT2D eigenvalue weighted by Gasteiger charge is -2.27. The number of aromatic nitrogens is 3. The van der Waals surface area contributed by atoms with Gasteiger partial charge in [0.15, 0.2) is 0 Å². The van der Waals surface area contributed by atoms with Gasteiger partial charge in [-0.3, -0.25) is 14.4 Å². The molecule has 0 N–H and O–H groups in total. The van der Waals surface area contributed by atoms with Crippen molar-refractivity contribution in [1.82, 2.24) is 19.7 Å². The molecule has 1 aromatic heterocycles. The largest absolute Gasteiger partial charge is 0.468 e. The van der Waals surface area contributed by atoms with Crippen molar-refractivity contribution in [2.75, 3.05) is 20.2 Å². The fourth-order valence-corrected chi connectivity index (χ4v) is 2.47. The molecule has 0 radical (unpaired) electrons. The molecule has 0 spiro atoms. The van der Waals surface area contributed by atoms with Gasteiger partial charge in [0, 0.05) is 12.6 Å². The maximum absolute atomic E-state index is 11.4. The Morgan fingerprint density at radius 2 is 2.28 bits per heavy atom. The van der Waals surface area contributed by atoms with Crippen LogP contribution in [0.25, 0.3) is 0 Å². The molecule has 0 bridgehead atoms. The van der Waals surface area contributed by atoms with E-state index in [0.717, 1.165) is 13.1 Å². The molecular weight excluding hydrogens is 232 g/mol. The number of methoxy groups -OCH3 is 1. The van der Waals surface area contributed by atoms with Gasteiger partial charge in [-0.25, -0.2) is 4.98 Å². The Balaban J connectivity index is 1.88. The van der Waals surface area contributed by atoms with Crippen molar-refractivity contribution in [3.63, 3.8) is 0 Å². The average molecular weight is 252 g/mol. The average Bonchev–Trinajstić information content (AvgIpc) is 3.06. The van der Waals surface area contributed by atoms with Crippen LogP contribution in [0.4, 0.5) is 0 Å². The SMILES string of the molecule is COC(=O)CN(CCn1cncn1)C1CCCC1. The number of carbonyl (C=O) groups is 1. The van der Waals surface area contributed by atoms with Gasteiger partial charge >= 0.3 is 5.97 Å². The smallest absolute Gasteiger partial charge is 0.319 e. The second-order valence-electron chi connectivity index (χ2n) is 4.64. The van der Waals surface area contributed by atoms with E-state index in [2.05, 4.69) is 15.0 Å². The molecule has 6 heteroatoms. The van der Waals surface area contributed by atoms with E-state index < -0.39 is 0 Å². The first-order chi connectivity index (χ1) is 8.79. The third-order valence-electron chi connectivity index (χ3n) is 3.48. The summed E-state index contributed by atoms with van der Waals surface area (Å²) in [7, 11) is 1.44. The van der Waals surface area contributed by atoms with Crippen molar-refractivity contribution >= 4 is 5.97 Å². The highest BCUT2D eigenvalue weighted by Crippen LogP contribution is 2.23. The van der Waals surface area contributed by atoms with Gasteiger partial charge in [0.2, 0.25) is 0 Å². The molecule has 2 rings (SSSR count). The normalized spacial score (nSPS) is 16.3. The lowest BCUT2D eigenvalue weighted by molar-refractivity contribution is -0.142. The molecule has 6 nitrogen and oxygen atoms in total. The number of rotatable bonds is 6. The van der Waals surface area contributed by atoms with Crippen LogP contribution in [0.5, 0.6) is 0 Å². The molecule has 1 aliphatic rings. The first-order valence-corrected chi connectivity index (χ1v) is 6.43. The Kier molecular flexibility index (Phi) is 4.69. The summed E-state index contributed by atoms with van der Waals surface area (Å²) >= 11 is 0. The number of nitrogens with zero attached hydrogens (tertiary/aromatic N) is 4. The molecule has 1 aliphatic carbocycles. The zero-order valence-electron chi connectivity index (χ0n) is 10.8. The molecule has 100 valence electrons. The van der Waals surface area contributed by atoms with Gasteiger partial charge in [-0.2, -0.15) is 5.10 Å². The minimum Gasteiger partial charge on any atom is -0.468 e. The minimum atomic E-state index is -0.166. The quantitative estimate of drug-likeness (QED) is 0.697. The summed E-state index contributed by atoms with van der Waals surface area (Å²) in [5, 5.41) is 4.08. The molecule has 1 aromatic rings. The summed E-state index contributed by atoms with van der Waals surface area (Å²) in [6, 6.07) is 0.507. The molecule has 1 heterocycles. The topological polar surface area (TPSA) is 60.2 Å². The van der Waals surface area contributed by atoms with E-state index in [0.29, 0.717) is 12.6 Å². The van der Waals surface area contributed by atoms with Crippen molar-refractivity contribution in [2.24, 2.45) is 0 Å². The zero-order valence-corrected chi connectivity index (χ0v) is 10.8. The summed E-state index contributed by atoms with van der Waals surface area (Å²) < 4.78 is 6.55. The number of esters is 1.